The Morgan fingerprint density at radius 3 is 2.46 bits per heavy atom. The molecule has 3 rings (SSSR count). The number of aromatic nitrogens is 1. The molecular weight excluding hydrogens is 389 g/mol. The Labute approximate surface area is 152 Å². The minimum absolute atomic E-state index is 0.0520. The van der Waals surface area contributed by atoms with E-state index >= 15 is 0 Å². The first kappa shape index (κ1) is 18.8. The highest BCUT2D eigenvalue weighted by Crippen LogP contribution is 2.33. The highest BCUT2D eigenvalue weighted by Gasteiger charge is 2.31. The lowest BCUT2D eigenvalue weighted by Crippen LogP contribution is -2.35. The van der Waals surface area contributed by atoms with Crippen LogP contribution in [0.2, 0.25) is 0 Å². The molecule has 1 aromatic carbocycles. The van der Waals surface area contributed by atoms with Gasteiger partial charge in [0.25, 0.3) is 5.91 Å². The van der Waals surface area contributed by atoms with Crippen molar-refractivity contribution in [3.8, 4) is 10.6 Å². The number of rotatable bonds is 3. The first-order valence-corrected chi connectivity index (χ1v) is 10.4. The zero-order chi connectivity index (χ0) is 19.1. The van der Waals surface area contributed by atoms with Gasteiger partial charge in [-0.25, -0.2) is 13.4 Å². The fourth-order valence-corrected chi connectivity index (χ4v) is 5.34. The Morgan fingerprint density at radius 1 is 1.27 bits per heavy atom. The molecule has 0 radical (unpaired) electrons. The summed E-state index contributed by atoms with van der Waals surface area (Å²) < 4.78 is 60.9. The van der Waals surface area contributed by atoms with Crippen molar-refractivity contribution in [2.45, 2.75) is 25.6 Å². The van der Waals surface area contributed by atoms with Crippen molar-refractivity contribution < 1.29 is 26.4 Å². The summed E-state index contributed by atoms with van der Waals surface area (Å²) in [4.78, 5) is 17.0. The number of nitrogens with zero attached hydrogens (tertiary/aromatic N) is 1. The molecule has 1 amide bonds. The van der Waals surface area contributed by atoms with Crippen LogP contribution in [0.15, 0.2) is 24.3 Å². The topological polar surface area (TPSA) is 76.1 Å². The molecular formula is C16H15F3N2O3S2. The maximum Gasteiger partial charge on any atom is 0.416 e. The molecule has 0 bridgehead atoms. The molecule has 1 aromatic heterocycles. The molecule has 140 valence electrons. The van der Waals surface area contributed by atoms with Crippen molar-refractivity contribution in [1.29, 1.82) is 0 Å². The molecule has 26 heavy (non-hydrogen) atoms. The second-order valence-electron chi connectivity index (χ2n) is 6.08. The molecule has 1 saturated heterocycles. The molecule has 5 nitrogen and oxygen atoms in total. The number of hydrogen-bond acceptors (Lipinski definition) is 5. The van der Waals surface area contributed by atoms with Crippen molar-refractivity contribution in [3.63, 3.8) is 0 Å². The number of carbonyl (C=O) groups is 1. The lowest BCUT2D eigenvalue weighted by molar-refractivity contribution is -0.137. The van der Waals surface area contributed by atoms with Crippen molar-refractivity contribution in [2.75, 3.05) is 11.5 Å². The number of hydrogen-bond donors (Lipinski definition) is 1. The van der Waals surface area contributed by atoms with Gasteiger partial charge in [-0.3, -0.25) is 4.79 Å². The fraction of sp³-hybridized carbons (Fsp3) is 0.375. The standard InChI is InChI=1S/C16H15F3N2O3S2/c1-9-13(14(22)21-12-6-7-26(23,24)8-12)25-15(20-9)10-2-4-11(5-3-10)16(17,18)19/h2-5,12H,6-8H2,1H3,(H,21,22). The highest BCUT2D eigenvalue weighted by molar-refractivity contribution is 7.91. The number of carbonyl (C=O) groups excluding carboxylic acids is 1. The highest BCUT2D eigenvalue weighted by atomic mass is 32.2. The lowest BCUT2D eigenvalue weighted by atomic mass is 10.1. The van der Waals surface area contributed by atoms with Gasteiger partial charge < -0.3 is 5.32 Å². The predicted molar refractivity (Wildman–Crippen MR) is 91.8 cm³/mol. The summed E-state index contributed by atoms with van der Waals surface area (Å²) in [6.07, 6.45) is -4.04. The van der Waals surface area contributed by atoms with E-state index in [0.29, 0.717) is 27.6 Å². The van der Waals surface area contributed by atoms with E-state index in [2.05, 4.69) is 10.3 Å². The molecule has 1 aliphatic rings. The minimum atomic E-state index is -4.41. The Kier molecular flexibility index (Phi) is 4.82. The van der Waals surface area contributed by atoms with E-state index in [1.807, 2.05) is 0 Å². The van der Waals surface area contributed by atoms with E-state index < -0.39 is 33.5 Å². The summed E-state index contributed by atoms with van der Waals surface area (Å²) in [6.45, 7) is 1.63. The third kappa shape index (κ3) is 4.07. The summed E-state index contributed by atoms with van der Waals surface area (Å²) >= 11 is 1.06. The van der Waals surface area contributed by atoms with Crippen LogP contribution in [-0.4, -0.2) is 36.9 Å². The molecule has 2 aromatic rings. The Balaban J connectivity index is 1.77. The van der Waals surface area contributed by atoms with Crippen molar-refractivity contribution in [3.05, 3.63) is 40.4 Å². The van der Waals surface area contributed by atoms with Gasteiger partial charge in [0, 0.05) is 11.6 Å². The van der Waals surface area contributed by atoms with Crippen LogP contribution in [0.5, 0.6) is 0 Å². The van der Waals surface area contributed by atoms with Crippen LogP contribution in [0, 0.1) is 6.92 Å². The quantitative estimate of drug-likeness (QED) is 0.853. The van der Waals surface area contributed by atoms with Gasteiger partial charge in [0.05, 0.1) is 22.8 Å². The van der Waals surface area contributed by atoms with Crippen molar-refractivity contribution >= 4 is 27.1 Å². The van der Waals surface area contributed by atoms with E-state index in [1.165, 1.54) is 12.1 Å². The third-order valence-electron chi connectivity index (χ3n) is 4.03. The van der Waals surface area contributed by atoms with Crippen molar-refractivity contribution in [2.24, 2.45) is 0 Å². The average Bonchev–Trinajstić information content (AvgIpc) is 3.09. The molecule has 0 spiro atoms. The molecule has 10 heteroatoms. The van der Waals surface area contributed by atoms with Gasteiger partial charge in [0.2, 0.25) is 0 Å². The first-order valence-electron chi connectivity index (χ1n) is 7.71. The molecule has 1 N–H and O–H groups in total. The number of alkyl halides is 3. The summed E-state index contributed by atoms with van der Waals surface area (Å²) in [5.41, 5.74) is 0.173. The van der Waals surface area contributed by atoms with Gasteiger partial charge >= 0.3 is 6.18 Å². The average molecular weight is 404 g/mol. The summed E-state index contributed by atoms with van der Waals surface area (Å²) in [6, 6.07) is 4.13. The van der Waals surface area contributed by atoms with Crippen LogP contribution in [0.1, 0.15) is 27.3 Å². The zero-order valence-corrected chi connectivity index (χ0v) is 15.3. The summed E-state index contributed by atoms with van der Waals surface area (Å²) in [7, 11) is -3.11. The number of sulfone groups is 1. The van der Waals surface area contributed by atoms with Gasteiger partial charge in [-0.1, -0.05) is 12.1 Å². The fourth-order valence-electron chi connectivity index (χ4n) is 2.69. The van der Waals surface area contributed by atoms with Gasteiger partial charge in [-0.2, -0.15) is 13.2 Å². The maximum atomic E-state index is 12.6. The second kappa shape index (κ2) is 6.66. The van der Waals surface area contributed by atoms with E-state index in [4.69, 9.17) is 0 Å². The SMILES string of the molecule is Cc1nc(-c2ccc(C(F)(F)F)cc2)sc1C(=O)NC1CCS(=O)(=O)C1. The maximum absolute atomic E-state index is 12.6. The minimum Gasteiger partial charge on any atom is -0.347 e. The summed E-state index contributed by atoms with van der Waals surface area (Å²) in [5.74, 6) is -0.445. The number of aryl methyl sites for hydroxylation is 1. The van der Waals surface area contributed by atoms with Gasteiger partial charge in [0.1, 0.15) is 9.88 Å². The third-order valence-corrected chi connectivity index (χ3v) is 7.00. The molecule has 0 saturated carbocycles. The van der Waals surface area contributed by atoms with Crippen LogP contribution in [0.25, 0.3) is 10.6 Å². The molecule has 0 aliphatic carbocycles. The first-order chi connectivity index (χ1) is 12.0. The monoisotopic (exact) mass is 404 g/mol. The van der Waals surface area contributed by atoms with Crippen molar-refractivity contribution in [1.82, 2.24) is 10.3 Å². The van der Waals surface area contributed by atoms with Crippen LogP contribution >= 0.6 is 11.3 Å². The Hall–Kier alpha value is -1.94. The number of nitrogens with one attached hydrogen (secondary N) is 1. The predicted octanol–water partition coefficient (Wildman–Crippen LogP) is 3.05. The summed E-state index contributed by atoms with van der Waals surface area (Å²) in [5, 5.41) is 3.12. The molecule has 1 aliphatic heterocycles. The van der Waals surface area contributed by atoms with Crippen LogP contribution in [0.4, 0.5) is 13.2 Å². The van der Waals surface area contributed by atoms with E-state index in [1.54, 1.807) is 6.92 Å². The molecule has 2 heterocycles. The van der Waals surface area contributed by atoms with Crippen LogP contribution in [0.3, 0.4) is 0 Å². The molecule has 1 atom stereocenters. The normalized spacial score (nSPS) is 19.5. The lowest BCUT2D eigenvalue weighted by Gasteiger charge is -2.09. The smallest absolute Gasteiger partial charge is 0.347 e. The molecule has 1 fully saturated rings. The Bertz CT molecular complexity index is 935. The number of halogens is 3. The van der Waals surface area contributed by atoms with E-state index in [9.17, 15) is 26.4 Å². The molecule has 1 unspecified atom stereocenters. The Morgan fingerprint density at radius 2 is 1.92 bits per heavy atom. The van der Waals surface area contributed by atoms with E-state index in [0.717, 1.165) is 23.5 Å². The van der Waals surface area contributed by atoms with Gasteiger partial charge in [0.15, 0.2) is 9.84 Å². The number of benzene rings is 1. The van der Waals surface area contributed by atoms with Gasteiger partial charge in [-0.15, -0.1) is 11.3 Å². The second-order valence-corrected chi connectivity index (χ2v) is 9.31. The number of amides is 1. The van der Waals surface area contributed by atoms with Crippen LogP contribution < -0.4 is 5.32 Å². The number of thiazole rings is 1. The van der Waals surface area contributed by atoms with E-state index in [-0.39, 0.29) is 11.5 Å². The zero-order valence-electron chi connectivity index (χ0n) is 13.6. The largest absolute Gasteiger partial charge is 0.416 e. The van der Waals surface area contributed by atoms with Gasteiger partial charge in [-0.05, 0) is 25.5 Å². The van der Waals surface area contributed by atoms with Crippen LogP contribution in [-0.2, 0) is 16.0 Å².